The van der Waals surface area contributed by atoms with Gasteiger partial charge in [0.15, 0.2) is 11.6 Å². The molecule has 2 nitrogen and oxygen atoms in total. The van der Waals surface area contributed by atoms with E-state index in [1.54, 1.807) is 6.92 Å². The molecule has 0 aliphatic rings. The van der Waals surface area contributed by atoms with Crippen molar-refractivity contribution >= 4 is 0 Å². The zero-order valence-electron chi connectivity index (χ0n) is 7.26. The third-order valence-corrected chi connectivity index (χ3v) is 1.42. The normalized spacial score (nSPS) is 12.6. The van der Waals surface area contributed by atoms with E-state index >= 15 is 0 Å². The summed E-state index contributed by atoms with van der Waals surface area (Å²) in [6.07, 6.45) is 0. The summed E-state index contributed by atoms with van der Waals surface area (Å²) >= 11 is 0. The van der Waals surface area contributed by atoms with Gasteiger partial charge in [0.1, 0.15) is 6.61 Å². The van der Waals surface area contributed by atoms with E-state index in [1.165, 1.54) is 12.1 Å². The zero-order valence-corrected chi connectivity index (χ0v) is 7.26. The van der Waals surface area contributed by atoms with Crippen LogP contribution < -0.4 is 10.5 Å². The lowest BCUT2D eigenvalue weighted by Crippen LogP contribution is -2.23. The molecule has 0 saturated heterocycles. The molecule has 0 heterocycles. The third kappa shape index (κ3) is 2.66. The van der Waals surface area contributed by atoms with Crippen LogP contribution in [0, 0.1) is 11.6 Å². The quantitative estimate of drug-likeness (QED) is 0.781. The second kappa shape index (κ2) is 4.18. The molecule has 0 fully saturated rings. The van der Waals surface area contributed by atoms with Crippen LogP contribution in [0.3, 0.4) is 0 Å². The largest absolute Gasteiger partial charge is 0.489 e. The summed E-state index contributed by atoms with van der Waals surface area (Å²) in [7, 11) is 0. The summed E-state index contributed by atoms with van der Waals surface area (Å²) in [6.45, 7) is 1.89. The Bertz CT molecular complexity index is 289. The van der Waals surface area contributed by atoms with Gasteiger partial charge in [0, 0.05) is 6.04 Å². The van der Waals surface area contributed by atoms with Gasteiger partial charge in [-0.15, -0.1) is 0 Å². The van der Waals surface area contributed by atoms with E-state index in [1.807, 2.05) is 0 Å². The van der Waals surface area contributed by atoms with E-state index < -0.39 is 11.6 Å². The Hall–Kier alpha value is -1.16. The van der Waals surface area contributed by atoms with Gasteiger partial charge in [0.25, 0.3) is 0 Å². The Labute approximate surface area is 75.3 Å². The highest BCUT2D eigenvalue weighted by atomic mass is 19.2. The second-order valence-electron chi connectivity index (χ2n) is 2.84. The Morgan fingerprint density at radius 2 is 2.15 bits per heavy atom. The predicted octanol–water partition coefficient (Wildman–Crippen LogP) is 1.69. The number of ether oxygens (including phenoxy) is 1. The minimum atomic E-state index is -0.969. The van der Waals surface area contributed by atoms with Crippen LogP contribution in [0.4, 0.5) is 8.78 Å². The summed E-state index contributed by atoms with van der Waals surface area (Å²) in [5.41, 5.74) is 5.39. The highest BCUT2D eigenvalue weighted by Gasteiger charge is 2.08. The molecule has 1 rings (SSSR count). The van der Waals surface area contributed by atoms with Crippen molar-refractivity contribution in [3.8, 4) is 5.75 Å². The van der Waals surface area contributed by atoms with Gasteiger partial charge in [0.2, 0.25) is 5.82 Å². The molecule has 1 aromatic rings. The lowest BCUT2D eigenvalue weighted by molar-refractivity contribution is 0.277. The summed E-state index contributed by atoms with van der Waals surface area (Å²) in [6, 6.07) is 3.58. The highest BCUT2D eigenvalue weighted by molar-refractivity contribution is 5.24. The molecule has 0 radical (unpaired) electrons. The average Bonchev–Trinajstić information content (AvgIpc) is 2.07. The highest BCUT2D eigenvalue weighted by Crippen LogP contribution is 2.18. The van der Waals surface area contributed by atoms with E-state index in [0.717, 1.165) is 6.07 Å². The number of halogens is 2. The molecule has 4 heteroatoms. The molecule has 2 N–H and O–H groups in total. The van der Waals surface area contributed by atoms with Gasteiger partial charge < -0.3 is 10.5 Å². The van der Waals surface area contributed by atoms with Crippen molar-refractivity contribution < 1.29 is 13.5 Å². The van der Waals surface area contributed by atoms with Gasteiger partial charge in [-0.3, -0.25) is 0 Å². The van der Waals surface area contributed by atoms with Crippen molar-refractivity contribution in [2.45, 2.75) is 13.0 Å². The van der Waals surface area contributed by atoms with Gasteiger partial charge in [-0.1, -0.05) is 6.07 Å². The van der Waals surface area contributed by atoms with Crippen LogP contribution in [0.25, 0.3) is 0 Å². The topological polar surface area (TPSA) is 35.2 Å². The summed E-state index contributed by atoms with van der Waals surface area (Å²) < 4.78 is 30.5. The van der Waals surface area contributed by atoms with Crippen molar-refractivity contribution in [3.63, 3.8) is 0 Å². The molecule has 0 aliphatic heterocycles. The molecule has 0 unspecified atom stereocenters. The summed E-state index contributed by atoms with van der Waals surface area (Å²) in [5, 5.41) is 0. The van der Waals surface area contributed by atoms with Gasteiger partial charge in [-0.2, -0.15) is 4.39 Å². The zero-order chi connectivity index (χ0) is 9.84. The first-order valence-corrected chi connectivity index (χ1v) is 3.93. The van der Waals surface area contributed by atoms with Crippen LogP contribution in [0.2, 0.25) is 0 Å². The first-order valence-electron chi connectivity index (χ1n) is 3.93. The number of benzene rings is 1. The average molecular weight is 187 g/mol. The Balaban J connectivity index is 2.71. The molecule has 0 saturated carbocycles. The molecule has 13 heavy (non-hydrogen) atoms. The van der Waals surface area contributed by atoms with Crippen LogP contribution >= 0.6 is 0 Å². The van der Waals surface area contributed by atoms with E-state index in [0.29, 0.717) is 0 Å². The van der Waals surface area contributed by atoms with Crippen molar-refractivity contribution in [2.24, 2.45) is 5.73 Å². The predicted molar refractivity (Wildman–Crippen MR) is 45.5 cm³/mol. The molecule has 0 bridgehead atoms. The fourth-order valence-electron chi connectivity index (χ4n) is 0.817. The number of rotatable bonds is 3. The summed E-state index contributed by atoms with van der Waals surface area (Å²) in [5.74, 6) is -1.98. The van der Waals surface area contributed by atoms with E-state index in [2.05, 4.69) is 0 Å². The smallest absolute Gasteiger partial charge is 0.200 e. The van der Waals surface area contributed by atoms with Gasteiger partial charge in [0.05, 0.1) is 0 Å². The molecule has 0 aromatic heterocycles. The molecule has 72 valence electrons. The fraction of sp³-hybridized carbons (Fsp3) is 0.333. The maximum absolute atomic E-state index is 12.9. The number of hydrogen-bond donors (Lipinski definition) is 1. The van der Waals surface area contributed by atoms with Crippen LogP contribution in [-0.4, -0.2) is 12.6 Å². The second-order valence-corrected chi connectivity index (χ2v) is 2.84. The van der Waals surface area contributed by atoms with E-state index in [-0.39, 0.29) is 18.4 Å². The maximum Gasteiger partial charge on any atom is 0.200 e. The Morgan fingerprint density at radius 3 is 2.77 bits per heavy atom. The van der Waals surface area contributed by atoms with E-state index in [9.17, 15) is 8.78 Å². The van der Waals surface area contributed by atoms with Crippen molar-refractivity contribution in [1.29, 1.82) is 0 Å². The van der Waals surface area contributed by atoms with Crippen LogP contribution in [-0.2, 0) is 0 Å². The minimum Gasteiger partial charge on any atom is -0.489 e. The van der Waals surface area contributed by atoms with Gasteiger partial charge in [-0.05, 0) is 19.1 Å². The Morgan fingerprint density at radius 1 is 1.46 bits per heavy atom. The van der Waals surface area contributed by atoms with E-state index in [4.69, 9.17) is 10.5 Å². The number of nitrogens with two attached hydrogens (primary N) is 1. The SMILES string of the molecule is C[C@@H](N)COc1cccc(F)c1F. The standard InChI is InChI=1S/C9H11F2NO/c1-6(12)5-13-8-4-2-3-7(10)9(8)11/h2-4,6H,5,12H2,1H3/t6-/m1/s1. The molecule has 0 aliphatic carbocycles. The minimum absolute atomic E-state index is 0.0997. The Kier molecular flexibility index (Phi) is 3.19. The summed E-state index contributed by atoms with van der Waals surface area (Å²) in [4.78, 5) is 0. The molecule has 0 spiro atoms. The van der Waals surface area contributed by atoms with Crippen molar-refractivity contribution in [1.82, 2.24) is 0 Å². The van der Waals surface area contributed by atoms with Crippen molar-refractivity contribution in [3.05, 3.63) is 29.8 Å². The lowest BCUT2D eigenvalue weighted by atomic mass is 10.3. The molecular weight excluding hydrogens is 176 g/mol. The third-order valence-electron chi connectivity index (χ3n) is 1.42. The van der Waals surface area contributed by atoms with Crippen LogP contribution in [0.1, 0.15) is 6.92 Å². The maximum atomic E-state index is 12.9. The number of hydrogen-bond acceptors (Lipinski definition) is 2. The van der Waals surface area contributed by atoms with Gasteiger partial charge in [-0.25, -0.2) is 4.39 Å². The van der Waals surface area contributed by atoms with Crippen molar-refractivity contribution in [2.75, 3.05) is 6.61 Å². The lowest BCUT2D eigenvalue weighted by Gasteiger charge is -2.09. The monoisotopic (exact) mass is 187 g/mol. The molecular formula is C9H11F2NO. The molecule has 0 amide bonds. The van der Waals surface area contributed by atoms with Crippen LogP contribution in [0.5, 0.6) is 5.75 Å². The van der Waals surface area contributed by atoms with Crippen LogP contribution in [0.15, 0.2) is 18.2 Å². The van der Waals surface area contributed by atoms with Gasteiger partial charge >= 0.3 is 0 Å². The molecule has 1 aromatic carbocycles. The molecule has 1 atom stereocenters. The first kappa shape index (κ1) is 9.92. The fourth-order valence-corrected chi connectivity index (χ4v) is 0.817. The first-order chi connectivity index (χ1) is 6.11.